The molecule has 3 aliphatic rings. The second kappa shape index (κ2) is 5.78. The molecular weight excluding hydrogens is 282 g/mol. The maximum atomic E-state index is 12.2. The monoisotopic (exact) mass is 303 g/mol. The second-order valence-electron chi connectivity index (χ2n) is 6.25. The number of benzene rings is 1. The van der Waals surface area contributed by atoms with E-state index in [9.17, 15) is 4.79 Å². The molecule has 2 unspecified atom stereocenters. The molecule has 0 radical (unpaired) electrons. The summed E-state index contributed by atoms with van der Waals surface area (Å²) in [6.07, 6.45) is 2.37. The summed E-state index contributed by atoms with van der Waals surface area (Å²) in [5.41, 5.74) is 0.756. The molecule has 2 fully saturated rings. The van der Waals surface area contributed by atoms with Gasteiger partial charge in [0.2, 0.25) is 12.7 Å². The maximum absolute atomic E-state index is 12.2. The van der Waals surface area contributed by atoms with Crippen LogP contribution in [0, 0.1) is 5.92 Å². The quantitative estimate of drug-likeness (QED) is 0.873. The molecule has 0 spiro atoms. The summed E-state index contributed by atoms with van der Waals surface area (Å²) in [7, 11) is 0. The van der Waals surface area contributed by atoms with E-state index >= 15 is 0 Å². The van der Waals surface area contributed by atoms with Crippen LogP contribution in [0.3, 0.4) is 0 Å². The summed E-state index contributed by atoms with van der Waals surface area (Å²) in [6.45, 7) is 3.83. The first-order valence-corrected chi connectivity index (χ1v) is 7.93. The maximum Gasteiger partial charge on any atom is 0.238 e. The third-order valence-electron chi connectivity index (χ3n) is 4.76. The standard InChI is InChI=1S/C16H21N3O3/c20-16(9-19-6-4-13-11(8-19)3-5-17-13)18-12-1-2-14-15(7-12)22-10-21-14/h1-2,7,11,13,17H,3-6,8-10H2,(H,18,20). The molecule has 1 amide bonds. The Morgan fingerprint density at radius 2 is 2.23 bits per heavy atom. The first-order valence-electron chi connectivity index (χ1n) is 7.93. The molecule has 2 saturated heterocycles. The molecule has 0 aromatic heterocycles. The second-order valence-corrected chi connectivity index (χ2v) is 6.25. The number of hydrogen-bond acceptors (Lipinski definition) is 5. The van der Waals surface area contributed by atoms with Crippen LogP contribution < -0.4 is 20.1 Å². The molecule has 3 heterocycles. The zero-order valence-electron chi connectivity index (χ0n) is 12.5. The van der Waals surface area contributed by atoms with E-state index in [0.717, 1.165) is 37.5 Å². The molecule has 1 aromatic carbocycles. The van der Waals surface area contributed by atoms with E-state index in [1.54, 1.807) is 0 Å². The Hall–Kier alpha value is -1.79. The molecule has 6 nitrogen and oxygen atoms in total. The van der Waals surface area contributed by atoms with Crippen molar-refractivity contribution in [1.29, 1.82) is 0 Å². The minimum absolute atomic E-state index is 0.0308. The first kappa shape index (κ1) is 13.8. The van der Waals surface area contributed by atoms with Crippen molar-refractivity contribution in [2.75, 3.05) is 38.3 Å². The lowest BCUT2D eigenvalue weighted by Crippen LogP contribution is -2.46. The topological polar surface area (TPSA) is 62.8 Å². The van der Waals surface area contributed by atoms with E-state index in [4.69, 9.17) is 9.47 Å². The van der Waals surface area contributed by atoms with E-state index in [2.05, 4.69) is 15.5 Å². The summed E-state index contributed by atoms with van der Waals surface area (Å²) in [5.74, 6) is 2.15. The average Bonchev–Trinajstić information content (AvgIpc) is 3.14. The average molecular weight is 303 g/mol. The number of carbonyl (C=O) groups is 1. The Bertz CT molecular complexity index is 578. The van der Waals surface area contributed by atoms with Crippen LogP contribution in [-0.4, -0.2) is 49.8 Å². The van der Waals surface area contributed by atoms with Crippen LogP contribution in [-0.2, 0) is 4.79 Å². The smallest absolute Gasteiger partial charge is 0.238 e. The third kappa shape index (κ3) is 2.76. The molecule has 0 aliphatic carbocycles. The molecular formula is C16H21N3O3. The number of anilines is 1. The Kier molecular flexibility index (Phi) is 3.63. The van der Waals surface area contributed by atoms with Crippen molar-refractivity contribution in [2.45, 2.75) is 18.9 Å². The van der Waals surface area contributed by atoms with E-state index in [1.165, 1.54) is 6.42 Å². The molecule has 0 bridgehead atoms. The van der Waals surface area contributed by atoms with E-state index < -0.39 is 0 Å². The van der Waals surface area contributed by atoms with Crippen molar-refractivity contribution in [3.63, 3.8) is 0 Å². The summed E-state index contributed by atoms with van der Waals surface area (Å²) >= 11 is 0. The minimum Gasteiger partial charge on any atom is -0.454 e. The molecule has 4 rings (SSSR count). The summed E-state index contributed by atoms with van der Waals surface area (Å²) in [4.78, 5) is 14.5. The van der Waals surface area contributed by atoms with Gasteiger partial charge in [-0.3, -0.25) is 9.69 Å². The summed E-state index contributed by atoms with van der Waals surface area (Å²) in [5, 5.41) is 6.49. The van der Waals surface area contributed by atoms with Gasteiger partial charge in [0.15, 0.2) is 11.5 Å². The van der Waals surface area contributed by atoms with Gasteiger partial charge in [-0.05, 0) is 37.4 Å². The van der Waals surface area contributed by atoms with Crippen molar-refractivity contribution in [2.24, 2.45) is 5.92 Å². The van der Waals surface area contributed by atoms with Crippen molar-refractivity contribution in [3.8, 4) is 11.5 Å². The number of carbonyl (C=O) groups excluding carboxylic acids is 1. The van der Waals surface area contributed by atoms with Gasteiger partial charge in [0, 0.05) is 30.9 Å². The Balaban J connectivity index is 1.33. The fourth-order valence-corrected chi connectivity index (χ4v) is 3.64. The molecule has 2 atom stereocenters. The number of rotatable bonds is 3. The lowest BCUT2D eigenvalue weighted by molar-refractivity contribution is -0.117. The third-order valence-corrected chi connectivity index (χ3v) is 4.76. The Labute approximate surface area is 129 Å². The molecule has 0 saturated carbocycles. The largest absolute Gasteiger partial charge is 0.454 e. The fourth-order valence-electron chi connectivity index (χ4n) is 3.64. The highest BCUT2D eigenvalue weighted by molar-refractivity contribution is 5.92. The highest BCUT2D eigenvalue weighted by Crippen LogP contribution is 2.34. The van der Waals surface area contributed by atoms with Gasteiger partial charge in [-0.2, -0.15) is 0 Å². The SMILES string of the molecule is O=C(CN1CCC2NCCC2C1)Nc1ccc2c(c1)OCO2. The van der Waals surface area contributed by atoms with E-state index in [1.807, 2.05) is 18.2 Å². The first-order chi connectivity index (χ1) is 10.8. The van der Waals surface area contributed by atoms with Gasteiger partial charge in [-0.15, -0.1) is 0 Å². The Morgan fingerprint density at radius 1 is 1.32 bits per heavy atom. The zero-order chi connectivity index (χ0) is 14.9. The van der Waals surface area contributed by atoms with Gasteiger partial charge in [0.1, 0.15) is 0 Å². The zero-order valence-corrected chi connectivity index (χ0v) is 12.5. The van der Waals surface area contributed by atoms with Gasteiger partial charge in [0.05, 0.1) is 6.54 Å². The normalized spacial score (nSPS) is 26.7. The Morgan fingerprint density at radius 3 is 3.18 bits per heavy atom. The minimum atomic E-state index is 0.0308. The highest BCUT2D eigenvalue weighted by Gasteiger charge is 2.33. The van der Waals surface area contributed by atoms with Gasteiger partial charge in [-0.25, -0.2) is 0 Å². The van der Waals surface area contributed by atoms with Crippen molar-refractivity contribution >= 4 is 11.6 Å². The number of hydrogen-bond donors (Lipinski definition) is 2. The van der Waals surface area contributed by atoms with E-state index in [0.29, 0.717) is 24.3 Å². The number of amides is 1. The summed E-state index contributed by atoms with van der Waals surface area (Å²) < 4.78 is 10.6. The van der Waals surface area contributed by atoms with Crippen molar-refractivity contribution in [3.05, 3.63) is 18.2 Å². The number of likely N-dealkylation sites (tertiary alicyclic amines) is 1. The van der Waals surface area contributed by atoms with Gasteiger partial charge >= 0.3 is 0 Å². The molecule has 118 valence electrons. The van der Waals surface area contributed by atoms with Crippen molar-refractivity contribution < 1.29 is 14.3 Å². The van der Waals surface area contributed by atoms with Crippen LogP contribution >= 0.6 is 0 Å². The van der Waals surface area contributed by atoms with Crippen molar-refractivity contribution in [1.82, 2.24) is 10.2 Å². The lowest BCUT2D eigenvalue weighted by Gasteiger charge is -2.34. The van der Waals surface area contributed by atoms with Crippen LogP contribution in [0.5, 0.6) is 11.5 Å². The number of piperidine rings is 1. The number of nitrogens with zero attached hydrogens (tertiary/aromatic N) is 1. The van der Waals surface area contributed by atoms with Crippen LogP contribution in [0.1, 0.15) is 12.8 Å². The lowest BCUT2D eigenvalue weighted by atomic mass is 9.93. The van der Waals surface area contributed by atoms with Crippen LogP contribution in [0.25, 0.3) is 0 Å². The highest BCUT2D eigenvalue weighted by atomic mass is 16.7. The number of nitrogens with one attached hydrogen (secondary N) is 2. The molecule has 22 heavy (non-hydrogen) atoms. The number of fused-ring (bicyclic) bond motifs is 2. The van der Waals surface area contributed by atoms with Crippen LogP contribution in [0.4, 0.5) is 5.69 Å². The van der Waals surface area contributed by atoms with Gasteiger partial charge in [0.25, 0.3) is 0 Å². The molecule has 6 heteroatoms. The molecule has 3 aliphatic heterocycles. The van der Waals surface area contributed by atoms with Gasteiger partial charge in [-0.1, -0.05) is 0 Å². The van der Waals surface area contributed by atoms with Crippen LogP contribution in [0.15, 0.2) is 18.2 Å². The summed E-state index contributed by atoms with van der Waals surface area (Å²) in [6, 6.07) is 6.15. The molecule has 2 N–H and O–H groups in total. The predicted molar refractivity (Wildman–Crippen MR) is 82.1 cm³/mol. The molecule has 1 aromatic rings. The van der Waals surface area contributed by atoms with Crippen LogP contribution in [0.2, 0.25) is 0 Å². The number of ether oxygens (including phenoxy) is 2. The predicted octanol–water partition coefficient (Wildman–Crippen LogP) is 1.04. The van der Waals surface area contributed by atoms with Gasteiger partial charge < -0.3 is 20.1 Å². The fraction of sp³-hybridized carbons (Fsp3) is 0.562. The van der Waals surface area contributed by atoms with E-state index in [-0.39, 0.29) is 12.7 Å².